The number of hydrogen-bond donors (Lipinski definition) is 0. The molecule has 1 aromatic carbocycles. The van der Waals surface area contributed by atoms with Crippen LogP contribution in [0.2, 0.25) is 30.1 Å². The van der Waals surface area contributed by atoms with Crippen LogP contribution in [-0.2, 0) is 6.18 Å². The van der Waals surface area contributed by atoms with E-state index < -0.39 is 22.5 Å². The molecule has 0 amide bonds. The van der Waals surface area contributed by atoms with E-state index in [0.717, 1.165) is 12.3 Å². The Balaban J connectivity index is 2.94. The Morgan fingerprint density at radius 1 is 0.773 bits per heavy atom. The average molecular weight is 430 g/mol. The highest BCUT2D eigenvalue weighted by molar-refractivity contribution is 6.56. The van der Waals surface area contributed by atoms with E-state index in [9.17, 15) is 13.2 Å². The van der Waals surface area contributed by atoms with E-state index in [1.54, 1.807) is 0 Å². The van der Waals surface area contributed by atoms with Crippen LogP contribution in [0.4, 0.5) is 13.2 Å². The molecule has 1 nitrogen and oxygen atoms in total. The standard InChI is InChI=1S/C12H2Cl6F3N/c13-3-1-2-22-11(5(3)12(19,20)21)4-6(14)8(16)10(18)9(17)7(4)15/h1-2H. The van der Waals surface area contributed by atoms with Gasteiger partial charge in [0.25, 0.3) is 0 Å². The maximum atomic E-state index is 13.2. The van der Waals surface area contributed by atoms with Crippen LogP contribution in [0.5, 0.6) is 0 Å². The summed E-state index contributed by atoms with van der Waals surface area (Å²) in [6.07, 6.45) is -3.71. The number of pyridine rings is 1. The molecule has 0 atom stereocenters. The lowest BCUT2D eigenvalue weighted by molar-refractivity contribution is -0.137. The van der Waals surface area contributed by atoms with Gasteiger partial charge < -0.3 is 0 Å². The molecule has 1 heterocycles. The fraction of sp³-hybridized carbons (Fsp3) is 0.0833. The van der Waals surface area contributed by atoms with Gasteiger partial charge in [0.1, 0.15) is 5.56 Å². The molecule has 0 fully saturated rings. The second kappa shape index (κ2) is 6.42. The smallest absolute Gasteiger partial charge is 0.255 e. The fourth-order valence-corrected chi connectivity index (χ4v) is 3.28. The third-order valence-corrected chi connectivity index (χ3v) is 5.22. The van der Waals surface area contributed by atoms with Crippen LogP contribution in [-0.4, -0.2) is 4.98 Å². The molecule has 1 aromatic heterocycles. The minimum absolute atomic E-state index is 0.169. The molecule has 0 saturated heterocycles. The van der Waals surface area contributed by atoms with Gasteiger partial charge in [-0.25, -0.2) is 0 Å². The summed E-state index contributed by atoms with van der Waals surface area (Å²) in [5, 5.41) is -1.81. The van der Waals surface area contributed by atoms with Crippen molar-refractivity contribution in [1.82, 2.24) is 4.98 Å². The van der Waals surface area contributed by atoms with Crippen molar-refractivity contribution >= 4 is 69.6 Å². The molecule has 2 aromatic rings. The SMILES string of the molecule is FC(F)(F)c1c(Cl)ccnc1-c1c(Cl)c(Cl)c(Cl)c(Cl)c1Cl. The second-order valence-corrected chi connectivity index (χ2v) is 6.26. The van der Waals surface area contributed by atoms with Gasteiger partial charge >= 0.3 is 6.18 Å². The summed E-state index contributed by atoms with van der Waals surface area (Å²) in [6.45, 7) is 0. The summed E-state index contributed by atoms with van der Waals surface area (Å²) in [6, 6.07) is 0.995. The van der Waals surface area contributed by atoms with Crippen molar-refractivity contribution < 1.29 is 13.2 Å². The van der Waals surface area contributed by atoms with Crippen molar-refractivity contribution in [2.45, 2.75) is 6.18 Å². The Morgan fingerprint density at radius 3 is 1.68 bits per heavy atom. The number of aromatic nitrogens is 1. The summed E-state index contributed by atoms with van der Waals surface area (Å²) in [7, 11) is 0. The van der Waals surface area contributed by atoms with Gasteiger partial charge in [0, 0.05) is 11.8 Å². The third kappa shape index (κ3) is 3.10. The van der Waals surface area contributed by atoms with Crippen LogP contribution in [0.25, 0.3) is 11.3 Å². The predicted molar refractivity (Wildman–Crippen MR) is 84.7 cm³/mol. The molecule has 0 unspecified atom stereocenters. The first kappa shape index (κ1) is 18.2. The second-order valence-electron chi connectivity index (χ2n) is 3.96. The molecule has 10 heteroatoms. The third-order valence-electron chi connectivity index (χ3n) is 2.63. The van der Waals surface area contributed by atoms with E-state index in [4.69, 9.17) is 69.6 Å². The molecule has 0 radical (unpaired) electrons. The highest BCUT2D eigenvalue weighted by Gasteiger charge is 2.38. The van der Waals surface area contributed by atoms with Gasteiger partial charge in [-0.3, -0.25) is 4.98 Å². The Labute approximate surface area is 152 Å². The zero-order valence-corrected chi connectivity index (χ0v) is 14.5. The topological polar surface area (TPSA) is 12.9 Å². The normalized spacial score (nSPS) is 11.9. The van der Waals surface area contributed by atoms with Crippen molar-refractivity contribution in [3.8, 4) is 11.3 Å². The Hall–Kier alpha value is -0.100. The van der Waals surface area contributed by atoms with Crippen LogP contribution >= 0.6 is 69.6 Å². The van der Waals surface area contributed by atoms with Gasteiger partial charge in [-0.15, -0.1) is 0 Å². The minimum Gasteiger partial charge on any atom is -0.255 e. The number of rotatable bonds is 1. The predicted octanol–water partition coefficient (Wildman–Crippen LogP) is 7.69. The van der Waals surface area contributed by atoms with Gasteiger partial charge in [0.15, 0.2) is 0 Å². The van der Waals surface area contributed by atoms with Crippen LogP contribution < -0.4 is 0 Å². The summed E-state index contributed by atoms with van der Waals surface area (Å²) in [5.41, 5.74) is -2.08. The van der Waals surface area contributed by atoms with Crippen LogP contribution in [0.15, 0.2) is 12.3 Å². The zero-order valence-electron chi connectivity index (χ0n) is 10.0. The van der Waals surface area contributed by atoms with E-state index in [2.05, 4.69) is 4.98 Å². The summed E-state index contributed by atoms with van der Waals surface area (Å²) >= 11 is 35.1. The number of nitrogens with zero attached hydrogens (tertiary/aromatic N) is 1. The largest absolute Gasteiger partial charge is 0.419 e. The van der Waals surface area contributed by atoms with Gasteiger partial charge in [0.05, 0.1) is 35.8 Å². The van der Waals surface area contributed by atoms with Crippen LogP contribution in [0, 0.1) is 0 Å². The van der Waals surface area contributed by atoms with Crippen LogP contribution in [0.3, 0.4) is 0 Å². The van der Waals surface area contributed by atoms with Crippen molar-refractivity contribution in [2.75, 3.05) is 0 Å². The molecule has 0 aliphatic carbocycles. The monoisotopic (exact) mass is 427 g/mol. The molecule has 0 aliphatic rings. The zero-order chi connectivity index (χ0) is 16.8. The molecule has 0 aliphatic heterocycles. The first-order valence-corrected chi connectivity index (χ1v) is 7.57. The number of benzene rings is 1. The molecule has 0 spiro atoms. The highest BCUT2D eigenvalue weighted by Crippen LogP contribution is 2.50. The maximum Gasteiger partial charge on any atom is 0.419 e. The summed E-state index contributed by atoms with van der Waals surface area (Å²) < 4.78 is 39.7. The van der Waals surface area contributed by atoms with Crippen molar-refractivity contribution in [3.63, 3.8) is 0 Å². The minimum atomic E-state index is -4.79. The molecular formula is C12H2Cl6F3N. The Morgan fingerprint density at radius 2 is 1.23 bits per heavy atom. The number of hydrogen-bond acceptors (Lipinski definition) is 1. The van der Waals surface area contributed by atoms with E-state index in [1.165, 1.54) is 0 Å². The lowest BCUT2D eigenvalue weighted by Gasteiger charge is -2.17. The first-order chi connectivity index (χ1) is 10.1. The lowest BCUT2D eigenvalue weighted by atomic mass is 10.0. The Bertz CT molecular complexity index is 730. The number of alkyl halides is 3. The summed E-state index contributed by atoms with van der Waals surface area (Å²) in [5.74, 6) is 0. The average Bonchev–Trinajstić information content (AvgIpc) is 2.42. The van der Waals surface area contributed by atoms with E-state index >= 15 is 0 Å². The van der Waals surface area contributed by atoms with Gasteiger partial charge in [0.2, 0.25) is 0 Å². The van der Waals surface area contributed by atoms with Crippen molar-refractivity contribution in [1.29, 1.82) is 0 Å². The molecule has 2 rings (SSSR count). The summed E-state index contributed by atoms with van der Waals surface area (Å²) in [4.78, 5) is 3.68. The first-order valence-electron chi connectivity index (χ1n) is 5.30. The van der Waals surface area contributed by atoms with E-state index in [0.29, 0.717) is 0 Å². The van der Waals surface area contributed by atoms with Gasteiger partial charge in [-0.05, 0) is 6.07 Å². The van der Waals surface area contributed by atoms with Crippen LogP contribution in [0.1, 0.15) is 5.56 Å². The lowest BCUT2D eigenvalue weighted by Crippen LogP contribution is -2.10. The van der Waals surface area contributed by atoms with E-state index in [-0.39, 0.29) is 30.7 Å². The fourth-order valence-electron chi connectivity index (χ4n) is 1.71. The Kier molecular flexibility index (Phi) is 5.32. The molecule has 22 heavy (non-hydrogen) atoms. The quantitative estimate of drug-likeness (QED) is 0.334. The van der Waals surface area contributed by atoms with E-state index in [1.807, 2.05) is 0 Å². The van der Waals surface area contributed by atoms with Gasteiger partial charge in [-0.2, -0.15) is 13.2 Å². The molecule has 0 bridgehead atoms. The molecular weight excluding hydrogens is 428 g/mol. The number of halogens is 9. The molecule has 118 valence electrons. The highest BCUT2D eigenvalue weighted by atomic mass is 35.5. The van der Waals surface area contributed by atoms with Crippen molar-refractivity contribution in [2.24, 2.45) is 0 Å². The van der Waals surface area contributed by atoms with Crippen molar-refractivity contribution in [3.05, 3.63) is 48.0 Å². The van der Waals surface area contributed by atoms with Gasteiger partial charge in [-0.1, -0.05) is 69.6 Å². The molecule has 0 saturated carbocycles. The maximum absolute atomic E-state index is 13.2. The molecule has 0 N–H and O–H groups in total.